The van der Waals surface area contributed by atoms with E-state index in [1.807, 2.05) is 0 Å². The number of carbonyl (C=O) groups is 1. The van der Waals surface area contributed by atoms with Crippen LogP contribution in [0.25, 0.3) is 0 Å². The molecule has 1 N–H and O–H groups in total. The zero-order valence-corrected chi connectivity index (χ0v) is 17.4. The molecule has 2 aliphatic rings. The number of hydrogen-bond donors (Lipinski definition) is 1. The quantitative estimate of drug-likeness (QED) is 0.769. The van der Waals surface area contributed by atoms with Crippen molar-refractivity contribution in [3.8, 4) is 0 Å². The number of nitrogens with one attached hydrogen (secondary N) is 1. The summed E-state index contributed by atoms with van der Waals surface area (Å²) in [6.45, 7) is 7.50. The number of nitrogens with zero attached hydrogens (tertiary/aromatic N) is 1. The van der Waals surface area contributed by atoms with E-state index < -0.39 is 9.84 Å². The maximum atomic E-state index is 12.6. The number of fused-ring (bicyclic) bond motifs is 1. The monoisotopic (exact) mass is 394 g/mol. The average Bonchev–Trinajstić information content (AvgIpc) is 3.00. The number of ether oxygens (including phenoxy) is 1. The fourth-order valence-corrected chi connectivity index (χ4v) is 6.20. The molecule has 0 aromatic heterocycles. The predicted octanol–water partition coefficient (Wildman–Crippen LogP) is 2.55. The van der Waals surface area contributed by atoms with Gasteiger partial charge in [0.1, 0.15) is 0 Å². The minimum absolute atomic E-state index is 0.119. The van der Waals surface area contributed by atoms with Crippen molar-refractivity contribution in [2.45, 2.75) is 50.7 Å². The first-order valence-electron chi connectivity index (χ1n) is 9.55. The van der Waals surface area contributed by atoms with Crippen LogP contribution in [0.1, 0.15) is 33.6 Å². The summed E-state index contributed by atoms with van der Waals surface area (Å²) in [4.78, 5) is 13.7. The average molecular weight is 395 g/mol. The van der Waals surface area contributed by atoms with Crippen molar-refractivity contribution in [2.75, 3.05) is 31.3 Å². The number of amides is 1. The zero-order valence-electron chi connectivity index (χ0n) is 16.6. The van der Waals surface area contributed by atoms with Gasteiger partial charge in [-0.2, -0.15) is 0 Å². The maximum absolute atomic E-state index is 12.6. The number of anilines is 1. The molecule has 3 rings (SSSR count). The normalized spacial score (nSPS) is 26.5. The first-order valence-corrected chi connectivity index (χ1v) is 11.2. The van der Waals surface area contributed by atoms with Crippen LogP contribution in [-0.2, 0) is 19.4 Å². The topological polar surface area (TPSA) is 75.7 Å². The molecule has 1 heterocycles. The van der Waals surface area contributed by atoms with Gasteiger partial charge in [-0.15, -0.1) is 0 Å². The van der Waals surface area contributed by atoms with Gasteiger partial charge in [0.15, 0.2) is 9.84 Å². The van der Waals surface area contributed by atoms with Gasteiger partial charge in [-0.05, 0) is 50.7 Å². The minimum atomic E-state index is -3.33. The van der Waals surface area contributed by atoms with E-state index in [2.05, 4.69) is 31.1 Å². The van der Waals surface area contributed by atoms with Gasteiger partial charge in [-0.25, -0.2) is 8.42 Å². The van der Waals surface area contributed by atoms with Crippen molar-refractivity contribution in [3.63, 3.8) is 0 Å². The Labute approximate surface area is 162 Å². The fraction of sp³-hybridized carbons (Fsp3) is 0.650. The number of hydrogen-bond acceptors (Lipinski definition) is 5. The van der Waals surface area contributed by atoms with Crippen LogP contribution in [0.4, 0.5) is 5.69 Å². The van der Waals surface area contributed by atoms with Crippen LogP contribution in [0.5, 0.6) is 0 Å². The molecule has 1 saturated carbocycles. The highest BCUT2D eigenvalue weighted by molar-refractivity contribution is 7.91. The van der Waals surface area contributed by atoms with E-state index >= 15 is 0 Å². The van der Waals surface area contributed by atoms with Gasteiger partial charge in [-0.3, -0.25) is 4.79 Å². The van der Waals surface area contributed by atoms with Crippen LogP contribution in [0.15, 0.2) is 29.2 Å². The second kappa shape index (κ2) is 7.53. The van der Waals surface area contributed by atoms with Crippen molar-refractivity contribution >= 4 is 21.4 Å². The third-order valence-electron chi connectivity index (χ3n) is 5.97. The highest BCUT2D eigenvalue weighted by Gasteiger charge is 2.60. The van der Waals surface area contributed by atoms with Gasteiger partial charge in [0.2, 0.25) is 5.91 Å². The van der Waals surface area contributed by atoms with Crippen LogP contribution in [0, 0.1) is 11.3 Å². The summed E-state index contributed by atoms with van der Waals surface area (Å²) in [6, 6.07) is 6.80. The molecule has 150 valence electrons. The van der Waals surface area contributed by atoms with E-state index in [9.17, 15) is 13.2 Å². The molecule has 1 aromatic carbocycles. The molecule has 1 aromatic rings. The lowest BCUT2D eigenvalue weighted by Gasteiger charge is -2.58. The smallest absolute Gasteiger partial charge is 0.221 e. The minimum Gasteiger partial charge on any atom is -0.377 e. The van der Waals surface area contributed by atoms with Crippen LogP contribution in [-0.4, -0.2) is 57.3 Å². The molecule has 7 heteroatoms. The van der Waals surface area contributed by atoms with Crippen molar-refractivity contribution in [1.29, 1.82) is 0 Å². The summed E-state index contributed by atoms with van der Waals surface area (Å²) in [6.07, 6.45) is 2.04. The van der Waals surface area contributed by atoms with Crippen molar-refractivity contribution in [2.24, 2.45) is 11.3 Å². The molecule has 0 spiro atoms. The molecule has 3 atom stereocenters. The van der Waals surface area contributed by atoms with Gasteiger partial charge in [0.05, 0.1) is 16.8 Å². The Morgan fingerprint density at radius 1 is 1.30 bits per heavy atom. The highest BCUT2D eigenvalue weighted by atomic mass is 32.2. The molecular weight excluding hydrogens is 364 g/mol. The fourth-order valence-electron chi connectivity index (χ4n) is 4.90. The Hall–Kier alpha value is -1.44. The molecule has 6 nitrogen and oxygen atoms in total. The van der Waals surface area contributed by atoms with Crippen LogP contribution < -0.4 is 5.32 Å². The molecule has 1 aliphatic carbocycles. The number of rotatable bonds is 7. The Kier molecular flexibility index (Phi) is 5.66. The maximum Gasteiger partial charge on any atom is 0.221 e. The lowest BCUT2D eigenvalue weighted by atomic mass is 9.57. The summed E-state index contributed by atoms with van der Waals surface area (Å²) in [5.74, 6) is 0.513. The number of benzene rings is 1. The van der Waals surface area contributed by atoms with Crippen LogP contribution >= 0.6 is 0 Å². The van der Waals surface area contributed by atoms with E-state index in [-0.39, 0.29) is 17.1 Å². The molecule has 2 fully saturated rings. The Morgan fingerprint density at radius 2 is 1.96 bits per heavy atom. The van der Waals surface area contributed by atoms with Crippen molar-refractivity contribution in [1.82, 2.24) is 4.90 Å². The lowest BCUT2D eigenvalue weighted by molar-refractivity contribution is -0.149. The van der Waals surface area contributed by atoms with E-state index in [4.69, 9.17) is 4.74 Å². The summed E-state index contributed by atoms with van der Waals surface area (Å²) in [5, 5.41) is 2.64. The van der Waals surface area contributed by atoms with Gasteiger partial charge >= 0.3 is 0 Å². The third kappa shape index (κ3) is 4.05. The van der Waals surface area contributed by atoms with E-state index in [1.54, 1.807) is 24.3 Å². The van der Waals surface area contributed by atoms with Crippen molar-refractivity contribution < 1.29 is 17.9 Å². The highest BCUT2D eigenvalue weighted by Crippen LogP contribution is 2.54. The standard InChI is InChI=1S/C20H30N2O4S/c1-14(23)21-15-6-8-16(9-7-15)27(24,25)13-5-11-22(4)18-17-10-12-26-19(17)20(18,2)3/h6-9,17-19H,5,10-13H2,1-4H3,(H,21,23). The Bertz CT molecular complexity index is 789. The predicted molar refractivity (Wildman–Crippen MR) is 105 cm³/mol. The largest absolute Gasteiger partial charge is 0.377 e. The first kappa shape index (κ1) is 20.3. The summed E-state index contributed by atoms with van der Waals surface area (Å²) in [7, 11) is -1.23. The third-order valence-corrected chi connectivity index (χ3v) is 7.79. The van der Waals surface area contributed by atoms with E-state index in [0.717, 1.165) is 19.6 Å². The first-order chi connectivity index (χ1) is 12.6. The van der Waals surface area contributed by atoms with E-state index in [1.165, 1.54) is 6.92 Å². The molecule has 1 aliphatic heterocycles. The number of carbonyl (C=O) groups excluding carboxylic acids is 1. The molecule has 0 radical (unpaired) electrons. The summed E-state index contributed by atoms with van der Waals surface area (Å²) in [5.41, 5.74) is 0.718. The van der Waals surface area contributed by atoms with Crippen molar-refractivity contribution in [3.05, 3.63) is 24.3 Å². The molecule has 1 amide bonds. The molecular formula is C20H30N2O4S. The lowest BCUT2D eigenvalue weighted by Crippen LogP contribution is -2.66. The van der Waals surface area contributed by atoms with Gasteiger partial charge in [0, 0.05) is 36.6 Å². The molecule has 27 heavy (non-hydrogen) atoms. The Morgan fingerprint density at radius 3 is 2.59 bits per heavy atom. The van der Waals surface area contributed by atoms with Crippen LogP contribution in [0.2, 0.25) is 0 Å². The Balaban J connectivity index is 1.54. The van der Waals surface area contributed by atoms with Gasteiger partial charge in [-0.1, -0.05) is 13.8 Å². The number of sulfone groups is 1. The summed E-state index contributed by atoms with van der Waals surface area (Å²) < 4.78 is 31.0. The molecule has 0 bridgehead atoms. The second-order valence-corrected chi connectivity index (χ2v) is 10.5. The zero-order chi connectivity index (χ0) is 19.8. The van der Waals surface area contributed by atoms with Gasteiger partial charge in [0.25, 0.3) is 0 Å². The SMILES string of the molecule is CC(=O)Nc1ccc(S(=O)(=O)CCCN(C)C2C3CCOC3C2(C)C)cc1. The van der Waals surface area contributed by atoms with E-state index in [0.29, 0.717) is 35.1 Å². The van der Waals surface area contributed by atoms with Gasteiger partial charge < -0.3 is 15.0 Å². The molecule has 1 saturated heterocycles. The van der Waals surface area contributed by atoms with Crippen LogP contribution in [0.3, 0.4) is 0 Å². The second-order valence-electron chi connectivity index (χ2n) is 8.37. The molecule has 3 unspecified atom stereocenters. The summed E-state index contributed by atoms with van der Waals surface area (Å²) >= 11 is 0.